The van der Waals surface area contributed by atoms with E-state index in [1.54, 1.807) is 11.3 Å². The van der Waals surface area contributed by atoms with Crippen LogP contribution in [0, 0.1) is 0 Å². The molecule has 2 aromatic carbocycles. The SMILES string of the molecule is CC(=O)O.Oc1c(-c2ccccc2)sc2ccccc12. The van der Waals surface area contributed by atoms with E-state index < -0.39 is 5.97 Å². The summed E-state index contributed by atoms with van der Waals surface area (Å²) in [6, 6.07) is 17.9. The molecule has 4 heteroatoms. The maximum absolute atomic E-state index is 10.2. The second-order valence-electron chi connectivity index (χ2n) is 4.16. The molecule has 2 N–H and O–H groups in total. The van der Waals surface area contributed by atoms with Gasteiger partial charge in [-0.15, -0.1) is 11.3 Å². The van der Waals surface area contributed by atoms with Gasteiger partial charge in [0.2, 0.25) is 0 Å². The Labute approximate surface area is 120 Å². The highest BCUT2D eigenvalue weighted by atomic mass is 32.1. The number of carbonyl (C=O) groups is 1. The van der Waals surface area contributed by atoms with Gasteiger partial charge in [-0.2, -0.15) is 0 Å². The summed E-state index contributed by atoms with van der Waals surface area (Å²) in [5, 5.41) is 18.5. The molecule has 0 radical (unpaired) electrons. The van der Waals surface area contributed by atoms with Gasteiger partial charge in [0.15, 0.2) is 0 Å². The number of hydrogen-bond donors (Lipinski definition) is 2. The zero-order chi connectivity index (χ0) is 14.5. The smallest absolute Gasteiger partial charge is 0.300 e. The number of carboxylic acid groups (broad SMARTS) is 1. The Hall–Kier alpha value is -2.33. The Kier molecular flexibility index (Phi) is 4.38. The quantitative estimate of drug-likeness (QED) is 0.698. The largest absolute Gasteiger partial charge is 0.506 e. The van der Waals surface area contributed by atoms with Gasteiger partial charge in [-0.25, -0.2) is 0 Å². The van der Waals surface area contributed by atoms with E-state index >= 15 is 0 Å². The predicted octanol–water partition coefficient (Wildman–Crippen LogP) is 4.36. The standard InChI is InChI=1S/C14H10OS.C2H4O2/c15-13-11-8-4-5-9-12(11)16-14(13)10-6-2-1-3-7-10;1-2(3)4/h1-9,15H;1H3,(H,3,4). The summed E-state index contributed by atoms with van der Waals surface area (Å²) >= 11 is 1.63. The molecule has 0 unspecified atom stereocenters. The van der Waals surface area contributed by atoms with E-state index in [9.17, 15) is 5.11 Å². The average Bonchev–Trinajstić information content (AvgIpc) is 2.77. The number of aromatic hydroxyl groups is 1. The van der Waals surface area contributed by atoms with Gasteiger partial charge in [-0.3, -0.25) is 4.79 Å². The minimum Gasteiger partial charge on any atom is -0.506 e. The molecular weight excluding hydrogens is 272 g/mol. The fourth-order valence-electron chi connectivity index (χ4n) is 1.82. The molecule has 0 aliphatic heterocycles. The third kappa shape index (κ3) is 3.16. The highest BCUT2D eigenvalue weighted by Crippen LogP contribution is 2.43. The number of benzene rings is 2. The maximum atomic E-state index is 10.2. The number of thiophene rings is 1. The molecule has 3 rings (SSSR count). The fraction of sp³-hybridized carbons (Fsp3) is 0.0625. The van der Waals surface area contributed by atoms with Gasteiger partial charge >= 0.3 is 0 Å². The second-order valence-corrected chi connectivity index (χ2v) is 5.21. The van der Waals surface area contributed by atoms with Crippen LogP contribution in [0.3, 0.4) is 0 Å². The summed E-state index contributed by atoms with van der Waals surface area (Å²) in [7, 11) is 0. The van der Waals surface area contributed by atoms with E-state index in [2.05, 4.69) is 0 Å². The number of rotatable bonds is 1. The monoisotopic (exact) mass is 286 g/mol. The van der Waals surface area contributed by atoms with Crippen LogP contribution in [0.5, 0.6) is 5.75 Å². The van der Waals surface area contributed by atoms with Gasteiger partial charge in [0.1, 0.15) is 5.75 Å². The molecule has 1 heterocycles. The Morgan fingerprint density at radius 3 is 2.15 bits per heavy atom. The fourth-order valence-corrected chi connectivity index (χ4v) is 2.92. The first-order valence-corrected chi connectivity index (χ1v) is 6.86. The van der Waals surface area contributed by atoms with Crippen molar-refractivity contribution in [3.05, 3.63) is 54.6 Å². The zero-order valence-electron chi connectivity index (χ0n) is 10.9. The first-order chi connectivity index (χ1) is 9.59. The molecule has 0 aliphatic rings. The number of aliphatic carboxylic acids is 1. The van der Waals surface area contributed by atoms with E-state index in [1.807, 2.05) is 54.6 Å². The molecule has 0 bridgehead atoms. The van der Waals surface area contributed by atoms with Crippen LogP contribution < -0.4 is 0 Å². The van der Waals surface area contributed by atoms with Crippen molar-refractivity contribution in [3.8, 4) is 16.2 Å². The van der Waals surface area contributed by atoms with Gasteiger partial charge in [-0.1, -0.05) is 42.5 Å². The molecule has 0 aliphatic carbocycles. The van der Waals surface area contributed by atoms with Crippen LogP contribution >= 0.6 is 11.3 Å². The molecule has 0 saturated carbocycles. The Bertz CT molecular complexity index is 713. The zero-order valence-corrected chi connectivity index (χ0v) is 11.7. The van der Waals surface area contributed by atoms with Crippen molar-refractivity contribution in [2.45, 2.75) is 6.92 Å². The van der Waals surface area contributed by atoms with Crippen LogP contribution in [0.25, 0.3) is 20.5 Å². The Morgan fingerprint density at radius 2 is 1.55 bits per heavy atom. The minimum absolute atomic E-state index is 0.395. The molecule has 0 amide bonds. The summed E-state index contributed by atoms with van der Waals surface area (Å²) in [5.74, 6) is -0.438. The lowest BCUT2D eigenvalue weighted by Gasteiger charge is -1.97. The molecule has 3 nitrogen and oxygen atoms in total. The minimum atomic E-state index is -0.833. The van der Waals surface area contributed by atoms with Crippen LogP contribution in [-0.2, 0) is 4.79 Å². The van der Waals surface area contributed by atoms with Gasteiger partial charge in [-0.05, 0) is 17.7 Å². The lowest BCUT2D eigenvalue weighted by molar-refractivity contribution is -0.134. The summed E-state index contributed by atoms with van der Waals surface area (Å²) in [4.78, 5) is 9.95. The molecule has 0 spiro atoms. The van der Waals surface area contributed by atoms with Crippen molar-refractivity contribution < 1.29 is 15.0 Å². The molecule has 0 fully saturated rings. The van der Waals surface area contributed by atoms with Crippen molar-refractivity contribution in [1.82, 2.24) is 0 Å². The highest BCUT2D eigenvalue weighted by molar-refractivity contribution is 7.22. The molecule has 102 valence electrons. The third-order valence-electron chi connectivity index (χ3n) is 2.61. The summed E-state index contributed by atoms with van der Waals surface area (Å²) in [6.07, 6.45) is 0. The molecule has 0 saturated heterocycles. The van der Waals surface area contributed by atoms with Crippen molar-refractivity contribution >= 4 is 27.4 Å². The summed E-state index contributed by atoms with van der Waals surface area (Å²) < 4.78 is 1.12. The first kappa shape index (κ1) is 14.1. The Balaban J connectivity index is 0.000000328. The van der Waals surface area contributed by atoms with Crippen LogP contribution in [0.1, 0.15) is 6.92 Å². The second kappa shape index (κ2) is 6.21. The number of hydrogen-bond acceptors (Lipinski definition) is 3. The van der Waals surface area contributed by atoms with Gasteiger partial charge in [0, 0.05) is 17.0 Å². The van der Waals surface area contributed by atoms with E-state index in [-0.39, 0.29) is 0 Å². The lowest BCUT2D eigenvalue weighted by atomic mass is 10.1. The Morgan fingerprint density at radius 1 is 1.00 bits per heavy atom. The number of carboxylic acids is 1. The number of fused-ring (bicyclic) bond motifs is 1. The van der Waals surface area contributed by atoms with Crippen LogP contribution in [0.4, 0.5) is 0 Å². The average molecular weight is 286 g/mol. The van der Waals surface area contributed by atoms with E-state index in [4.69, 9.17) is 9.90 Å². The summed E-state index contributed by atoms with van der Waals surface area (Å²) in [5.41, 5.74) is 1.07. The van der Waals surface area contributed by atoms with Crippen LogP contribution in [0.2, 0.25) is 0 Å². The van der Waals surface area contributed by atoms with Crippen molar-refractivity contribution in [1.29, 1.82) is 0 Å². The third-order valence-corrected chi connectivity index (χ3v) is 3.81. The van der Waals surface area contributed by atoms with Crippen molar-refractivity contribution in [2.75, 3.05) is 0 Å². The van der Waals surface area contributed by atoms with Crippen molar-refractivity contribution in [3.63, 3.8) is 0 Å². The molecule has 3 aromatic rings. The first-order valence-electron chi connectivity index (χ1n) is 6.05. The molecular formula is C16H14O3S. The van der Waals surface area contributed by atoms with E-state index in [0.717, 1.165) is 27.5 Å². The molecule has 0 atom stereocenters. The molecule has 1 aromatic heterocycles. The molecule has 20 heavy (non-hydrogen) atoms. The van der Waals surface area contributed by atoms with Gasteiger partial charge < -0.3 is 10.2 Å². The normalized spacial score (nSPS) is 9.85. The maximum Gasteiger partial charge on any atom is 0.300 e. The summed E-state index contributed by atoms with van der Waals surface area (Å²) in [6.45, 7) is 1.08. The lowest BCUT2D eigenvalue weighted by Crippen LogP contribution is -1.78. The topological polar surface area (TPSA) is 57.5 Å². The van der Waals surface area contributed by atoms with Crippen LogP contribution in [0.15, 0.2) is 54.6 Å². The van der Waals surface area contributed by atoms with E-state index in [1.165, 1.54) is 0 Å². The van der Waals surface area contributed by atoms with Crippen LogP contribution in [-0.4, -0.2) is 16.2 Å². The van der Waals surface area contributed by atoms with Crippen molar-refractivity contribution in [2.24, 2.45) is 0 Å². The van der Waals surface area contributed by atoms with Gasteiger partial charge in [0.05, 0.1) is 4.88 Å². The predicted molar refractivity (Wildman–Crippen MR) is 82.2 cm³/mol. The van der Waals surface area contributed by atoms with E-state index in [0.29, 0.717) is 5.75 Å². The highest BCUT2D eigenvalue weighted by Gasteiger charge is 2.11. The van der Waals surface area contributed by atoms with Gasteiger partial charge in [0.25, 0.3) is 5.97 Å².